The first kappa shape index (κ1) is 20.4. The molecule has 2 heterocycles. The molecule has 1 aliphatic rings. The van der Waals surface area contributed by atoms with Gasteiger partial charge in [0, 0.05) is 37.1 Å². The molecule has 6 nitrogen and oxygen atoms in total. The molecule has 1 unspecified atom stereocenters. The van der Waals surface area contributed by atoms with Crippen LogP contribution >= 0.6 is 11.6 Å². The van der Waals surface area contributed by atoms with E-state index in [1.165, 1.54) is 12.1 Å². The maximum atomic E-state index is 13.2. The molecular formula is C22H22ClFN4O2. The Hall–Kier alpha value is -2.90. The number of halogens is 2. The molecule has 2 amide bonds. The van der Waals surface area contributed by atoms with E-state index in [1.54, 1.807) is 4.90 Å². The predicted octanol–water partition coefficient (Wildman–Crippen LogP) is 3.75. The summed E-state index contributed by atoms with van der Waals surface area (Å²) in [7, 11) is 0. The molecule has 30 heavy (non-hydrogen) atoms. The standard InChI is InChI=1S/C22H22ClFN4O2/c1-14(21(29)26-19-7-6-16(24)13-17(19)23)27-8-10-28(11-9-27)22(30)20-12-15-4-2-3-5-18(15)25-20/h2-7,12-14,25H,8-11H2,1H3,(H,26,29). The van der Waals surface area contributed by atoms with Crippen LogP contribution in [-0.2, 0) is 4.79 Å². The molecule has 1 aromatic heterocycles. The Balaban J connectivity index is 1.35. The first-order chi connectivity index (χ1) is 14.4. The van der Waals surface area contributed by atoms with Crippen molar-refractivity contribution < 1.29 is 14.0 Å². The quantitative estimate of drug-likeness (QED) is 0.665. The lowest BCUT2D eigenvalue weighted by Gasteiger charge is -2.37. The van der Waals surface area contributed by atoms with E-state index < -0.39 is 11.9 Å². The molecule has 0 aliphatic carbocycles. The van der Waals surface area contributed by atoms with Gasteiger partial charge in [0.1, 0.15) is 11.5 Å². The van der Waals surface area contributed by atoms with E-state index in [9.17, 15) is 14.0 Å². The van der Waals surface area contributed by atoms with Gasteiger partial charge in [-0.1, -0.05) is 29.8 Å². The minimum absolute atomic E-state index is 0.0407. The van der Waals surface area contributed by atoms with Gasteiger partial charge in [-0.2, -0.15) is 0 Å². The van der Waals surface area contributed by atoms with Crippen molar-refractivity contribution in [3.8, 4) is 0 Å². The van der Waals surface area contributed by atoms with Crippen molar-refractivity contribution >= 4 is 40.0 Å². The van der Waals surface area contributed by atoms with Crippen LogP contribution in [0.1, 0.15) is 17.4 Å². The van der Waals surface area contributed by atoms with Gasteiger partial charge in [-0.05, 0) is 37.3 Å². The fourth-order valence-corrected chi connectivity index (χ4v) is 3.88. The number of rotatable bonds is 4. The Morgan fingerprint density at radius 3 is 2.53 bits per heavy atom. The maximum absolute atomic E-state index is 13.2. The zero-order chi connectivity index (χ0) is 21.3. The third kappa shape index (κ3) is 4.17. The number of piperazine rings is 1. The maximum Gasteiger partial charge on any atom is 0.270 e. The zero-order valence-electron chi connectivity index (χ0n) is 16.5. The molecule has 1 atom stereocenters. The molecular weight excluding hydrogens is 407 g/mol. The Labute approximate surface area is 178 Å². The molecule has 1 fully saturated rings. The highest BCUT2D eigenvalue weighted by atomic mass is 35.5. The van der Waals surface area contributed by atoms with E-state index in [2.05, 4.69) is 10.3 Å². The van der Waals surface area contributed by atoms with Crippen molar-refractivity contribution in [3.63, 3.8) is 0 Å². The first-order valence-corrected chi connectivity index (χ1v) is 10.2. The molecule has 1 saturated heterocycles. The summed E-state index contributed by atoms with van der Waals surface area (Å²) in [5.41, 5.74) is 1.88. The van der Waals surface area contributed by atoms with Crippen LogP contribution in [0.3, 0.4) is 0 Å². The topological polar surface area (TPSA) is 68.4 Å². The molecule has 0 spiro atoms. The monoisotopic (exact) mass is 428 g/mol. The van der Waals surface area contributed by atoms with Crippen LogP contribution in [0.25, 0.3) is 10.9 Å². The Kier molecular flexibility index (Phi) is 5.74. The lowest BCUT2D eigenvalue weighted by atomic mass is 10.2. The number of anilines is 1. The number of carbonyl (C=O) groups excluding carboxylic acids is 2. The second-order valence-electron chi connectivity index (χ2n) is 7.39. The van der Waals surface area contributed by atoms with Crippen molar-refractivity contribution in [2.75, 3.05) is 31.5 Å². The van der Waals surface area contributed by atoms with Crippen molar-refractivity contribution in [2.24, 2.45) is 0 Å². The minimum atomic E-state index is -0.457. The molecule has 2 aromatic carbocycles. The molecule has 0 saturated carbocycles. The second-order valence-corrected chi connectivity index (χ2v) is 7.80. The molecule has 0 bridgehead atoms. The second kappa shape index (κ2) is 8.45. The summed E-state index contributed by atoms with van der Waals surface area (Å²) >= 11 is 5.99. The van der Waals surface area contributed by atoms with E-state index >= 15 is 0 Å². The lowest BCUT2D eigenvalue weighted by molar-refractivity contribution is -0.121. The summed E-state index contributed by atoms with van der Waals surface area (Å²) in [5, 5.41) is 3.91. The highest BCUT2D eigenvalue weighted by molar-refractivity contribution is 6.33. The van der Waals surface area contributed by atoms with Gasteiger partial charge in [0.05, 0.1) is 16.8 Å². The Morgan fingerprint density at radius 1 is 1.10 bits per heavy atom. The first-order valence-electron chi connectivity index (χ1n) is 9.79. The van der Waals surface area contributed by atoms with Gasteiger partial charge in [0.2, 0.25) is 5.91 Å². The van der Waals surface area contributed by atoms with Gasteiger partial charge < -0.3 is 15.2 Å². The number of amides is 2. The number of para-hydroxylation sites is 1. The zero-order valence-corrected chi connectivity index (χ0v) is 17.2. The number of nitrogens with zero attached hydrogens (tertiary/aromatic N) is 2. The molecule has 1 aliphatic heterocycles. The van der Waals surface area contributed by atoms with Crippen molar-refractivity contribution in [3.05, 3.63) is 65.1 Å². The summed E-state index contributed by atoms with van der Waals surface area (Å²) in [6.45, 7) is 4.03. The average molecular weight is 429 g/mol. The van der Waals surface area contributed by atoms with Gasteiger partial charge in [-0.15, -0.1) is 0 Å². The van der Waals surface area contributed by atoms with Crippen LogP contribution in [0, 0.1) is 5.82 Å². The number of aromatic nitrogens is 1. The number of aromatic amines is 1. The third-order valence-corrected chi connectivity index (χ3v) is 5.79. The summed E-state index contributed by atoms with van der Waals surface area (Å²) in [6.07, 6.45) is 0. The number of fused-ring (bicyclic) bond motifs is 1. The summed E-state index contributed by atoms with van der Waals surface area (Å²) in [6, 6.07) is 13.1. The Morgan fingerprint density at radius 2 is 1.83 bits per heavy atom. The van der Waals surface area contributed by atoms with E-state index in [4.69, 9.17) is 11.6 Å². The van der Waals surface area contributed by atoms with Crippen LogP contribution in [-0.4, -0.2) is 58.8 Å². The van der Waals surface area contributed by atoms with Crippen LogP contribution in [0.2, 0.25) is 5.02 Å². The molecule has 156 valence electrons. The van der Waals surface area contributed by atoms with E-state index in [0.29, 0.717) is 37.6 Å². The van der Waals surface area contributed by atoms with Crippen LogP contribution in [0.15, 0.2) is 48.5 Å². The molecule has 0 radical (unpaired) electrons. The van der Waals surface area contributed by atoms with Crippen LogP contribution in [0.4, 0.5) is 10.1 Å². The smallest absolute Gasteiger partial charge is 0.270 e. The van der Waals surface area contributed by atoms with E-state index in [-0.39, 0.29) is 16.8 Å². The number of nitrogens with one attached hydrogen (secondary N) is 2. The lowest BCUT2D eigenvalue weighted by Crippen LogP contribution is -2.54. The van der Waals surface area contributed by atoms with Gasteiger partial charge in [0.15, 0.2) is 0 Å². The average Bonchev–Trinajstić information content (AvgIpc) is 3.19. The fourth-order valence-electron chi connectivity index (χ4n) is 3.67. The highest BCUT2D eigenvalue weighted by Gasteiger charge is 2.28. The number of benzene rings is 2. The number of carbonyl (C=O) groups is 2. The van der Waals surface area contributed by atoms with Gasteiger partial charge in [-0.25, -0.2) is 4.39 Å². The van der Waals surface area contributed by atoms with Crippen LogP contribution < -0.4 is 5.32 Å². The van der Waals surface area contributed by atoms with Crippen molar-refractivity contribution in [2.45, 2.75) is 13.0 Å². The van der Waals surface area contributed by atoms with Crippen LogP contribution in [0.5, 0.6) is 0 Å². The largest absolute Gasteiger partial charge is 0.351 e. The third-order valence-electron chi connectivity index (χ3n) is 5.48. The fraction of sp³-hybridized carbons (Fsp3) is 0.273. The van der Waals surface area contributed by atoms with Crippen molar-refractivity contribution in [1.82, 2.24) is 14.8 Å². The number of H-pyrrole nitrogens is 1. The van der Waals surface area contributed by atoms with E-state index in [1.807, 2.05) is 42.2 Å². The van der Waals surface area contributed by atoms with Gasteiger partial charge in [0.25, 0.3) is 5.91 Å². The summed E-state index contributed by atoms with van der Waals surface area (Å²) in [5.74, 6) is -0.721. The predicted molar refractivity (Wildman–Crippen MR) is 115 cm³/mol. The normalized spacial score (nSPS) is 15.9. The highest BCUT2D eigenvalue weighted by Crippen LogP contribution is 2.23. The minimum Gasteiger partial charge on any atom is -0.351 e. The molecule has 4 rings (SSSR count). The molecule has 8 heteroatoms. The SMILES string of the molecule is CC(C(=O)Nc1ccc(F)cc1Cl)N1CCN(C(=O)c2cc3ccccc3[nH]2)CC1. The van der Waals surface area contributed by atoms with Gasteiger partial charge in [-0.3, -0.25) is 14.5 Å². The molecule has 2 N–H and O–H groups in total. The van der Waals surface area contributed by atoms with E-state index in [0.717, 1.165) is 17.0 Å². The summed E-state index contributed by atoms with van der Waals surface area (Å²) in [4.78, 5) is 32.4. The van der Waals surface area contributed by atoms with Gasteiger partial charge >= 0.3 is 0 Å². The van der Waals surface area contributed by atoms with Crippen molar-refractivity contribution in [1.29, 1.82) is 0 Å². The number of hydrogen-bond donors (Lipinski definition) is 2. The Bertz CT molecular complexity index is 1060. The molecule has 3 aromatic rings. The number of hydrogen-bond acceptors (Lipinski definition) is 3. The summed E-state index contributed by atoms with van der Waals surface area (Å²) < 4.78 is 13.2.